The molecule has 0 aliphatic carbocycles. The molecule has 10 nitrogen and oxygen atoms in total. The Balaban J connectivity index is 1.31. The van der Waals surface area contributed by atoms with E-state index in [0.29, 0.717) is 25.4 Å². The molecular formula is C17H23N9O. The van der Waals surface area contributed by atoms with Crippen molar-refractivity contribution in [1.82, 2.24) is 44.2 Å². The number of aryl methyl sites for hydroxylation is 1. The van der Waals surface area contributed by atoms with Crippen LogP contribution >= 0.6 is 0 Å². The molecule has 0 saturated carbocycles. The zero-order valence-electron chi connectivity index (χ0n) is 15.3. The van der Waals surface area contributed by atoms with Crippen LogP contribution in [0, 0.1) is 0 Å². The van der Waals surface area contributed by atoms with Gasteiger partial charge in [-0.05, 0) is 18.9 Å². The highest BCUT2D eigenvalue weighted by atomic mass is 16.2. The Morgan fingerprint density at radius 2 is 2.04 bits per heavy atom. The summed E-state index contributed by atoms with van der Waals surface area (Å²) in [6, 6.07) is 1.87. The summed E-state index contributed by atoms with van der Waals surface area (Å²) in [6.45, 7) is 2.69. The molecule has 3 aromatic heterocycles. The number of carbonyl (C=O) groups is 1. The lowest BCUT2D eigenvalue weighted by molar-refractivity contribution is -0.132. The molecule has 0 N–H and O–H groups in total. The first-order valence-corrected chi connectivity index (χ1v) is 9.16. The monoisotopic (exact) mass is 369 g/mol. The summed E-state index contributed by atoms with van der Waals surface area (Å²) in [5, 5.41) is 17.0. The number of hydrogen-bond acceptors (Lipinski definition) is 6. The maximum absolute atomic E-state index is 12.4. The molecule has 142 valence electrons. The van der Waals surface area contributed by atoms with Crippen molar-refractivity contribution < 1.29 is 4.79 Å². The molecule has 0 radical (unpaired) electrons. The van der Waals surface area contributed by atoms with Crippen LogP contribution in [0.4, 0.5) is 0 Å². The van der Waals surface area contributed by atoms with Gasteiger partial charge in [-0.25, -0.2) is 9.67 Å². The van der Waals surface area contributed by atoms with Gasteiger partial charge in [0.25, 0.3) is 0 Å². The first-order valence-electron chi connectivity index (χ1n) is 9.16. The molecule has 1 saturated heterocycles. The van der Waals surface area contributed by atoms with Crippen LogP contribution in [0.3, 0.4) is 0 Å². The minimum absolute atomic E-state index is 0.189. The fourth-order valence-electron chi connectivity index (χ4n) is 3.52. The van der Waals surface area contributed by atoms with Gasteiger partial charge in [0.05, 0.1) is 0 Å². The van der Waals surface area contributed by atoms with E-state index < -0.39 is 0 Å². The van der Waals surface area contributed by atoms with E-state index >= 15 is 0 Å². The van der Waals surface area contributed by atoms with E-state index in [4.69, 9.17) is 0 Å². The Morgan fingerprint density at radius 1 is 1.19 bits per heavy atom. The van der Waals surface area contributed by atoms with Gasteiger partial charge in [-0.1, -0.05) is 0 Å². The van der Waals surface area contributed by atoms with Crippen molar-refractivity contribution >= 4 is 5.91 Å². The van der Waals surface area contributed by atoms with Crippen molar-refractivity contribution in [2.75, 3.05) is 13.1 Å². The van der Waals surface area contributed by atoms with Gasteiger partial charge >= 0.3 is 0 Å². The molecule has 0 unspecified atom stereocenters. The van der Waals surface area contributed by atoms with Crippen molar-refractivity contribution in [3.63, 3.8) is 0 Å². The van der Waals surface area contributed by atoms with E-state index in [1.54, 1.807) is 21.9 Å². The fourth-order valence-corrected chi connectivity index (χ4v) is 3.52. The van der Waals surface area contributed by atoms with Crippen LogP contribution in [0.25, 0.3) is 0 Å². The summed E-state index contributed by atoms with van der Waals surface area (Å²) in [7, 11) is 1.99. The molecule has 1 aliphatic heterocycles. The molecule has 10 heteroatoms. The van der Waals surface area contributed by atoms with E-state index in [-0.39, 0.29) is 5.91 Å². The van der Waals surface area contributed by atoms with Gasteiger partial charge in [0.1, 0.15) is 25.0 Å². The van der Waals surface area contributed by atoms with Gasteiger partial charge in [-0.15, -0.1) is 10.2 Å². The predicted molar refractivity (Wildman–Crippen MR) is 95.5 cm³/mol. The third-order valence-electron chi connectivity index (χ3n) is 5.10. The molecule has 4 rings (SSSR count). The zero-order chi connectivity index (χ0) is 18.6. The molecule has 0 spiro atoms. The maximum atomic E-state index is 12.4. The van der Waals surface area contributed by atoms with Crippen LogP contribution in [0.5, 0.6) is 0 Å². The molecule has 3 aromatic rings. The van der Waals surface area contributed by atoms with E-state index in [0.717, 1.165) is 37.6 Å². The molecule has 27 heavy (non-hydrogen) atoms. The van der Waals surface area contributed by atoms with Crippen molar-refractivity contribution in [2.45, 2.75) is 38.3 Å². The van der Waals surface area contributed by atoms with E-state index in [2.05, 4.69) is 25.4 Å². The van der Waals surface area contributed by atoms with Gasteiger partial charge in [0.2, 0.25) is 5.91 Å². The van der Waals surface area contributed by atoms with Crippen molar-refractivity contribution in [1.29, 1.82) is 0 Å². The van der Waals surface area contributed by atoms with Crippen LogP contribution in [-0.2, 0) is 24.9 Å². The highest BCUT2D eigenvalue weighted by Gasteiger charge is 2.27. The Bertz CT molecular complexity index is 861. The SMILES string of the molecule is Cn1c(Cn2cncn2)nnc1C1CCN(C(=O)CCn2cccn2)CC1. The number of carbonyl (C=O) groups excluding carboxylic acids is 1. The molecule has 4 heterocycles. The number of amides is 1. The summed E-state index contributed by atoms with van der Waals surface area (Å²) in [6.07, 6.45) is 9.08. The lowest BCUT2D eigenvalue weighted by Crippen LogP contribution is -2.38. The number of rotatable bonds is 6. The minimum atomic E-state index is 0.189. The van der Waals surface area contributed by atoms with E-state index in [1.807, 2.05) is 28.8 Å². The van der Waals surface area contributed by atoms with Gasteiger partial charge in [-0.2, -0.15) is 10.2 Å². The average molecular weight is 369 g/mol. The fraction of sp³-hybridized carbons (Fsp3) is 0.529. The van der Waals surface area contributed by atoms with Gasteiger partial charge < -0.3 is 9.47 Å². The molecule has 1 aliphatic rings. The summed E-state index contributed by atoms with van der Waals surface area (Å²) in [5.41, 5.74) is 0. The quantitative estimate of drug-likeness (QED) is 0.625. The molecule has 0 aromatic carbocycles. The molecule has 1 amide bonds. The second-order valence-electron chi connectivity index (χ2n) is 6.80. The lowest BCUT2D eigenvalue weighted by Gasteiger charge is -2.31. The van der Waals surface area contributed by atoms with Crippen LogP contribution < -0.4 is 0 Å². The standard InChI is InChI=1S/C17H23N9O/c1-23-15(11-26-13-18-12-20-26)21-22-17(23)14-3-8-24(9-4-14)16(27)5-10-25-7-2-6-19-25/h2,6-7,12-14H,3-5,8-11H2,1H3. The topological polar surface area (TPSA) is 99.5 Å². The van der Waals surface area contributed by atoms with Crippen LogP contribution in [0.2, 0.25) is 0 Å². The molecular weight excluding hydrogens is 346 g/mol. The average Bonchev–Trinajstić information content (AvgIpc) is 3.44. The maximum Gasteiger partial charge on any atom is 0.224 e. The number of hydrogen-bond donors (Lipinski definition) is 0. The van der Waals surface area contributed by atoms with Gasteiger partial charge in [0, 0.05) is 51.4 Å². The number of likely N-dealkylation sites (tertiary alicyclic amines) is 1. The Kier molecular flexibility index (Phi) is 4.95. The van der Waals surface area contributed by atoms with Gasteiger partial charge in [-0.3, -0.25) is 9.48 Å². The zero-order valence-corrected chi connectivity index (χ0v) is 15.3. The van der Waals surface area contributed by atoms with Crippen LogP contribution in [0.1, 0.15) is 36.8 Å². The molecule has 0 bridgehead atoms. The van der Waals surface area contributed by atoms with Crippen molar-refractivity contribution in [3.8, 4) is 0 Å². The summed E-state index contributed by atoms with van der Waals surface area (Å²) >= 11 is 0. The summed E-state index contributed by atoms with van der Waals surface area (Å²) < 4.78 is 5.57. The molecule has 1 fully saturated rings. The number of nitrogens with zero attached hydrogens (tertiary/aromatic N) is 9. The second-order valence-corrected chi connectivity index (χ2v) is 6.80. The van der Waals surface area contributed by atoms with Crippen LogP contribution in [-0.4, -0.2) is 63.2 Å². The predicted octanol–water partition coefficient (Wildman–Crippen LogP) is 0.448. The van der Waals surface area contributed by atoms with E-state index in [1.165, 1.54) is 6.33 Å². The van der Waals surface area contributed by atoms with E-state index in [9.17, 15) is 4.79 Å². The Hall–Kier alpha value is -3.04. The first-order chi connectivity index (χ1) is 13.2. The summed E-state index contributed by atoms with van der Waals surface area (Å²) in [4.78, 5) is 18.3. The lowest BCUT2D eigenvalue weighted by atomic mass is 9.95. The Labute approximate surface area is 156 Å². The minimum Gasteiger partial charge on any atom is -0.343 e. The third kappa shape index (κ3) is 3.88. The number of piperidine rings is 1. The largest absolute Gasteiger partial charge is 0.343 e. The Morgan fingerprint density at radius 3 is 2.74 bits per heavy atom. The van der Waals surface area contributed by atoms with Crippen molar-refractivity contribution in [2.24, 2.45) is 7.05 Å². The third-order valence-corrected chi connectivity index (χ3v) is 5.10. The molecule has 0 atom stereocenters. The highest BCUT2D eigenvalue weighted by Crippen LogP contribution is 2.27. The van der Waals surface area contributed by atoms with Gasteiger partial charge in [0.15, 0.2) is 5.82 Å². The second kappa shape index (κ2) is 7.68. The smallest absolute Gasteiger partial charge is 0.224 e. The summed E-state index contributed by atoms with van der Waals surface area (Å²) in [5.74, 6) is 2.35. The first kappa shape index (κ1) is 17.4. The number of aromatic nitrogens is 8. The highest BCUT2D eigenvalue weighted by molar-refractivity contribution is 5.76. The normalized spacial score (nSPS) is 15.4. The van der Waals surface area contributed by atoms with Crippen molar-refractivity contribution in [3.05, 3.63) is 42.8 Å². The van der Waals surface area contributed by atoms with Crippen LogP contribution in [0.15, 0.2) is 31.1 Å².